The third-order valence-electron chi connectivity index (χ3n) is 6.71. The van der Waals surface area contributed by atoms with Crippen molar-refractivity contribution in [1.29, 1.82) is 0 Å². The molecular formula is C30H48O11. The van der Waals surface area contributed by atoms with Crippen molar-refractivity contribution >= 4 is 35.6 Å². The van der Waals surface area contributed by atoms with E-state index in [2.05, 4.69) is 25.9 Å². The van der Waals surface area contributed by atoms with Crippen LogP contribution in [0.2, 0.25) is 0 Å². The largest absolute Gasteiger partial charge is 0.466 e. The summed E-state index contributed by atoms with van der Waals surface area (Å²) in [6.07, 6.45) is 12.7. The van der Waals surface area contributed by atoms with E-state index in [0.717, 1.165) is 63.7 Å². The zero-order chi connectivity index (χ0) is 30.5. The molecular weight excluding hydrogens is 536 g/mol. The molecule has 0 N–H and O–H groups in total. The third kappa shape index (κ3) is 18.9. The predicted octanol–water partition coefficient (Wildman–Crippen LogP) is 4.41. The monoisotopic (exact) mass is 584 g/mol. The lowest BCUT2D eigenvalue weighted by atomic mass is 9.82. The Bertz CT molecular complexity index is 796. The van der Waals surface area contributed by atoms with Crippen LogP contribution in [0, 0.1) is 11.8 Å². The highest BCUT2D eigenvalue weighted by molar-refractivity contribution is 5.84. The van der Waals surface area contributed by atoms with E-state index in [1.165, 1.54) is 6.42 Å². The number of hydrogen-bond donors (Lipinski definition) is 0. The highest BCUT2D eigenvalue weighted by atomic mass is 16.6. The number of Topliss-reactive ketones (excluding diaryl/α,β-unsaturated/α-hetero) is 1. The van der Waals surface area contributed by atoms with Crippen LogP contribution in [0.25, 0.3) is 0 Å². The molecule has 0 amide bonds. The second-order valence-electron chi connectivity index (χ2n) is 10.6. The Morgan fingerprint density at radius 1 is 0.585 bits per heavy atom. The van der Waals surface area contributed by atoms with Crippen LogP contribution >= 0.6 is 0 Å². The van der Waals surface area contributed by atoms with E-state index in [1.54, 1.807) is 0 Å². The van der Waals surface area contributed by atoms with Crippen molar-refractivity contribution in [2.45, 2.75) is 117 Å². The molecule has 0 radical (unpaired) electrons. The van der Waals surface area contributed by atoms with Crippen molar-refractivity contribution in [1.82, 2.24) is 0 Å². The van der Waals surface area contributed by atoms with Gasteiger partial charge in [0.2, 0.25) is 0 Å². The van der Waals surface area contributed by atoms with Crippen LogP contribution in [-0.2, 0) is 52.5 Å². The van der Waals surface area contributed by atoms with Gasteiger partial charge in [0, 0.05) is 32.1 Å². The molecule has 5 saturated heterocycles. The Morgan fingerprint density at radius 3 is 1.34 bits per heavy atom. The predicted molar refractivity (Wildman–Crippen MR) is 147 cm³/mol. The lowest BCUT2D eigenvalue weighted by Crippen LogP contribution is -2.29. The van der Waals surface area contributed by atoms with Crippen molar-refractivity contribution < 1.29 is 52.5 Å². The van der Waals surface area contributed by atoms with Gasteiger partial charge in [0.1, 0.15) is 11.9 Å². The van der Waals surface area contributed by atoms with E-state index in [9.17, 15) is 28.8 Å². The third-order valence-corrected chi connectivity index (χ3v) is 6.71. The number of hydrogen-bond acceptors (Lipinski definition) is 11. The van der Waals surface area contributed by atoms with E-state index < -0.39 is 0 Å². The van der Waals surface area contributed by atoms with Gasteiger partial charge in [-0.3, -0.25) is 28.8 Å². The minimum Gasteiger partial charge on any atom is -0.466 e. The van der Waals surface area contributed by atoms with Gasteiger partial charge >= 0.3 is 29.8 Å². The van der Waals surface area contributed by atoms with E-state index in [4.69, 9.17) is 4.74 Å². The Labute approximate surface area is 243 Å². The molecule has 6 fully saturated rings. The lowest BCUT2D eigenvalue weighted by molar-refractivity contribution is -0.167. The average molecular weight is 585 g/mol. The number of esters is 5. The average Bonchev–Trinajstić information content (AvgIpc) is 3.48. The summed E-state index contributed by atoms with van der Waals surface area (Å²) in [6.45, 7) is 8.43. The summed E-state index contributed by atoms with van der Waals surface area (Å²) in [7, 11) is 0. The number of carbonyl (C=O) groups excluding carboxylic acids is 6. The zero-order valence-electron chi connectivity index (χ0n) is 25.0. The first kappa shape index (κ1) is 36.0. The molecule has 11 heteroatoms. The van der Waals surface area contributed by atoms with E-state index in [-0.39, 0.29) is 41.9 Å². The normalized spacial score (nSPS) is 24.6. The van der Waals surface area contributed by atoms with Crippen LogP contribution in [0.5, 0.6) is 0 Å². The number of ketones is 1. The molecule has 1 aliphatic carbocycles. The van der Waals surface area contributed by atoms with Gasteiger partial charge in [-0.2, -0.15) is 0 Å². The Kier molecular flexibility index (Phi) is 19.1. The number of cyclic esters (lactones) is 5. The van der Waals surface area contributed by atoms with Crippen LogP contribution in [0.4, 0.5) is 0 Å². The van der Waals surface area contributed by atoms with Crippen molar-refractivity contribution in [3.8, 4) is 0 Å². The second-order valence-corrected chi connectivity index (χ2v) is 10.6. The van der Waals surface area contributed by atoms with Crippen LogP contribution in [0.3, 0.4) is 0 Å². The first-order valence-electron chi connectivity index (χ1n) is 14.9. The van der Waals surface area contributed by atoms with Crippen LogP contribution in [-0.4, -0.2) is 68.2 Å². The van der Waals surface area contributed by atoms with Gasteiger partial charge in [-0.15, -0.1) is 0 Å². The van der Waals surface area contributed by atoms with E-state index >= 15 is 0 Å². The molecule has 6 aliphatic rings. The summed E-state index contributed by atoms with van der Waals surface area (Å²) >= 11 is 0. The molecule has 11 nitrogen and oxygen atoms in total. The Morgan fingerprint density at radius 2 is 1.07 bits per heavy atom. The van der Waals surface area contributed by atoms with Gasteiger partial charge in [-0.25, -0.2) is 0 Å². The Hall–Kier alpha value is -2.98. The summed E-state index contributed by atoms with van der Waals surface area (Å²) < 4.78 is 23.0. The fraction of sp³-hybridized carbons (Fsp3) is 0.800. The summed E-state index contributed by atoms with van der Waals surface area (Å²) in [5.41, 5.74) is 0. The number of ether oxygens (including phenoxy) is 5. The van der Waals surface area contributed by atoms with Gasteiger partial charge < -0.3 is 23.7 Å². The summed E-state index contributed by atoms with van der Waals surface area (Å²) in [5.74, 6) is 1.13. The fourth-order valence-electron chi connectivity index (χ4n) is 3.83. The molecule has 41 heavy (non-hydrogen) atoms. The molecule has 6 rings (SSSR count). The van der Waals surface area contributed by atoms with E-state index in [1.807, 2.05) is 13.8 Å². The van der Waals surface area contributed by atoms with Crippen molar-refractivity contribution in [3.63, 3.8) is 0 Å². The first-order chi connectivity index (χ1) is 19.6. The molecule has 0 aromatic rings. The SMILES string of the molecule is CC1CC(=O)O1.CC1CCOC1=O.CCC1CC(=O)C1.O=C1CCCCCO1.O=C1CCCCO1.O=C1CCCO1. The molecule has 0 spiro atoms. The Balaban J connectivity index is 0.000000247. The highest BCUT2D eigenvalue weighted by Crippen LogP contribution is 2.25. The molecule has 2 atom stereocenters. The van der Waals surface area contributed by atoms with Crippen LogP contribution < -0.4 is 0 Å². The standard InChI is InChI=1S/C6H10O2.C6H10O.2C5H8O2.2C4H6O2/c7-6-4-2-1-3-5-8-6;1-2-5-3-6(7)4-5;1-4-2-3-7-5(4)6;6-5-3-1-2-4-7-5;1-3-2-4(5)6-3;5-4-2-1-3-6-4/h1-5H2;5H,2-4H2,1H3;4H,2-3H2,1H3;1-4H2;3H,2H2,1H3;1-3H2. The number of rotatable bonds is 1. The molecule has 234 valence electrons. The molecule has 0 aromatic carbocycles. The van der Waals surface area contributed by atoms with Crippen molar-refractivity contribution in [2.24, 2.45) is 11.8 Å². The maximum absolute atomic E-state index is 10.5. The van der Waals surface area contributed by atoms with Gasteiger partial charge in [0.25, 0.3) is 0 Å². The molecule has 1 saturated carbocycles. The molecule has 2 unspecified atom stereocenters. The van der Waals surface area contributed by atoms with Gasteiger partial charge in [0.05, 0.1) is 38.8 Å². The van der Waals surface area contributed by atoms with Crippen LogP contribution in [0.15, 0.2) is 0 Å². The quantitative estimate of drug-likeness (QED) is 0.319. The smallest absolute Gasteiger partial charge is 0.309 e. The summed E-state index contributed by atoms with van der Waals surface area (Å²) in [4.78, 5) is 61.2. The summed E-state index contributed by atoms with van der Waals surface area (Å²) in [5, 5.41) is 0. The minimum absolute atomic E-state index is 0.0255. The van der Waals surface area contributed by atoms with Crippen LogP contribution in [0.1, 0.15) is 111 Å². The number of carbonyl (C=O) groups is 6. The first-order valence-corrected chi connectivity index (χ1v) is 14.9. The van der Waals surface area contributed by atoms with Crippen molar-refractivity contribution in [2.75, 3.05) is 26.4 Å². The molecule has 5 aliphatic heterocycles. The topological polar surface area (TPSA) is 149 Å². The molecule has 0 aromatic heterocycles. The fourth-order valence-corrected chi connectivity index (χ4v) is 3.83. The second kappa shape index (κ2) is 21.7. The zero-order valence-corrected chi connectivity index (χ0v) is 25.0. The minimum atomic E-state index is -0.0671. The maximum Gasteiger partial charge on any atom is 0.309 e. The molecule has 5 heterocycles. The van der Waals surface area contributed by atoms with E-state index in [0.29, 0.717) is 57.9 Å². The van der Waals surface area contributed by atoms with Gasteiger partial charge in [0.15, 0.2) is 0 Å². The lowest BCUT2D eigenvalue weighted by Gasteiger charge is -2.21. The van der Waals surface area contributed by atoms with Crippen molar-refractivity contribution in [3.05, 3.63) is 0 Å². The molecule has 0 bridgehead atoms. The highest BCUT2D eigenvalue weighted by Gasteiger charge is 2.24. The van der Waals surface area contributed by atoms with Gasteiger partial charge in [-0.1, -0.05) is 20.3 Å². The van der Waals surface area contributed by atoms with Gasteiger partial charge in [-0.05, 0) is 57.8 Å². The summed E-state index contributed by atoms with van der Waals surface area (Å²) in [6, 6.07) is 0. The maximum atomic E-state index is 10.5.